The molecule has 0 saturated heterocycles. The second-order valence-electron chi connectivity index (χ2n) is 5.10. The number of aromatic nitrogens is 1. The Labute approximate surface area is 164 Å². The zero-order valence-electron chi connectivity index (χ0n) is 13.5. The molecule has 1 aromatic carbocycles. The van der Waals surface area contributed by atoms with Crippen LogP contribution in [0.2, 0.25) is 0 Å². The van der Waals surface area contributed by atoms with Gasteiger partial charge in [0.05, 0.1) is 6.54 Å². The van der Waals surface area contributed by atoms with Crippen LogP contribution in [0.4, 0.5) is 8.78 Å². The number of hydrogen-bond acceptors (Lipinski definition) is 2. The zero-order valence-corrected chi connectivity index (χ0v) is 16.3. The van der Waals surface area contributed by atoms with Crippen LogP contribution in [0, 0.1) is 32.3 Å². The van der Waals surface area contributed by atoms with E-state index >= 15 is 0 Å². The normalized spacial score (nSPS) is 10.2. The number of terminal acetylenes is 1. The molecule has 0 N–H and O–H groups in total. The first-order chi connectivity index (χ1) is 10.9. The third-order valence-corrected chi connectivity index (χ3v) is 3.37. The molecule has 2 aromatic rings. The summed E-state index contributed by atoms with van der Waals surface area (Å²) in [6.07, 6.45) is 2.52. The first kappa shape index (κ1) is 20.5. The number of pyridine rings is 1. The summed E-state index contributed by atoms with van der Waals surface area (Å²) < 4.78 is 32.0. The molecule has 0 aliphatic heterocycles. The van der Waals surface area contributed by atoms with Crippen molar-refractivity contribution in [1.29, 1.82) is 0 Å². The molecule has 2 rings (SSSR count). The van der Waals surface area contributed by atoms with Gasteiger partial charge < -0.3 is 9.30 Å². The van der Waals surface area contributed by atoms with Crippen molar-refractivity contribution in [2.45, 2.75) is 26.8 Å². The molecule has 1 aromatic heterocycles. The summed E-state index contributed by atoms with van der Waals surface area (Å²) in [5.74, 6) is 2.95. The van der Waals surface area contributed by atoms with E-state index in [9.17, 15) is 13.6 Å². The Morgan fingerprint density at radius 2 is 2.04 bits per heavy atom. The number of halogens is 2. The van der Waals surface area contributed by atoms with E-state index in [-0.39, 0.29) is 39.3 Å². The molecule has 0 bridgehead atoms. The summed E-state index contributed by atoms with van der Waals surface area (Å²) >= 11 is 0. The number of nitrogens with zero attached hydrogens (tertiary/aromatic N) is 1. The van der Waals surface area contributed by atoms with Gasteiger partial charge in [-0.05, 0) is 12.1 Å². The van der Waals surface area contributed by atoms with Gasteiger partial charge in [0, 0.05) is 32.7 Å². The fourth-order valence-electron chi connectivity index (χ4n) is 2.28. The summed E-state index contributed by atoms with van der Waals surface area (Å²) in [6.45, 7) is 2.86. The summed E-state index contributed by atoms with van der Waals surface area (Å²) in [4.78, 5) is 12.2. The summed E-state index contributed by atoms with van der Waals surface area (Å²) in [7, 11) is 0. The Morgan fingerprint density at radius 1 is 1.33 bits per heavy atom. The minimum atomic E-state index is -2.62. The van der Waals surface area contributed by atoms with Gasteiger partial charge in [-0.2, -0.15) is 12.1 Å². The van der Waals surface area contributed by atoms with E-state index in [1.807, 2.05) is 6.92 Å². The quantitative estimate of drug-likeness (QED) is 0.565. The van der Waals surface area contributed by atoms with Crippen molar-refractivity contribution in [3.05, 3.63) is 51.8 Å². The summed E-state index contributed by atoms with van der Waals surface area (Å²) in [6, 6.07) is 9.59. The van der Waals surface area contributed by atoms with Crippen LogP contribution < -0.4 is 10.3 Å². The fourth-order valence-corrected chi connectivity index (χ4v) is 2.28. The molecule has 123 valence electrons. The van der Waals surface area contributed by atoms with Gasteiger partial charge in [-0.15, -0.1) is 12.5 Å². The molecule has 0 aliphatic carbocycles. The van der Waals surface area contributed by atoms with E-state index in [2.05, 4.69) is 12.0 Å². The SMILES string of the molecule is C#CCOc1ccc(-c2[c-]cc(C)c(=O)n2CC(F)F)c(C)c1.[Y]. The summed E-state index contributed by atoms with van der Waals surface area (Å²) in [5, 5.41) is 0. The van der Waals surface area contributed by atoms with Crippen molar-refractivity contribution in [3.8, 4) is 29.4 Å². The molecule has 0 atom stereocenters. The van der Waals surface area contributed by atoms with Crippen LogP contribution >= 0.6 is 0 Å². The molecule has 6 heteroatoms. The number of aryl methyl sites for hydroxylation is 2. The van der Waals surface area contributed by atoms with Crippen molar-refractivity contribution in [3.63, 3.8) is 0 Å². The molecule has 1 heterocycles. The molecular weight excluding hydrogens is 389 g/mol. The number of benzene rings is 1. The van der Waals surface area contributed by atoms with Gasteiger partial charge >= 0.3 is 0 Å². The molecule has 0 unspecified atom stereocenters. The standard InChI is InChI=1S/C18H16F2NO2.Y/c1-4-9-23-14-6-7-15(13(3)10-14)16-8-5-12(2)18(22)21(16)11-17(19)20;/h1,5-7,10,17H,9,11H2,2-3H3;/q-1;. The van der Waals surface area contributed by atoms with Gasteiger partial charge in [0.25, 0.3) is 6.43 Å². The minimum Gasteiger partial charge on any atom is -0.481 e. The average molecular weight is 405 g/mol. The maximum absolute atomic E-state index is 12.8. The maximum atomic E-state index is 12.8. The second-order valence-corrected chi connectivity index (χ2v) is 5.10. The van der Waals surface area contributed by atoms with Crippen molar-refractivity contribution in [1.82, 2.24) is 4.57 Å². The number of rotatable bonds is 5. The van der Waals surface area contributed by atoms with Gasteiger partial charge in [-0.3, -0.25) is 4.79 Å². The van der Waals surface area contributed by atoms with Crippen molar-refractivity contribution in [2.24, 2.45) is 0 Å². The first-order valence-corrected chi connectivity index (χ1v) is 7.01. The number of hydrogen-bond donors (Lipinski definition) is 0. The third-order valence-electron chi connectivity index (χ3n) is 3.37. The molecule has 0 saturated carbocycles. The van der Waals surface area contributed by atoms with Gasteiger partial charge in [0.1, 0.15) is 12.4 Å². The topological polar surface area (TPSA) is 31.2 Å². The Kier molecular flexibility index (Phi) is 7.79. The Hall–Kier alpha value is -1.51. The Morgan fingerprint density at radius 3 is 2.62 bits per heavy atom. The van der Waals surface area contributed by atoms with Crippen LogP contribution in [0.5, 0.6) is 5.75 Å². The van der Waals surface area contributed by atoms with Crippen LogP contribution in [-0.4, -0.2) is 17.6 Å². The van der Waals surface area contributed by atoms with E-state index in [1.54, 1.807) is 25.1 Å². The van der Waals surface area contributed by atoms with Gasteiger partial charge in [0.2, 0.25) is 0 Å². The minimum absolute atomic E-state index is 0. The first-order valence-electron chi connectivity index (χ1n) is 7.01. The van der Waals surface area contributed by atoms with Crippen LogP contribution in [-0.2, 0) is 39.3 Å². The number of alkyl halides is 2. The molecule has 3 nitrogen and oxygen atoms in total. The summed E-state index contributed by atoms with van der Waals surface area (Å²) in [5.41, 5.74) is 1.70. The van der Waals surface area contributed by atoms with E-state index in [0.29, 0.717) is 22.6 Å². The van der Waals surface area contributed by atoms with Gasteiger partial charge in [-0.1, -0.05) is 42.2 Å². The Bertz CT molecular complexity index is 810. The molecule has 0 fully saturated rings. The van der Waals surface area contributed by atoms with Crippen molar-refractivity contribution < 1.29 is 46.2 Å². The predicted octanol–water partition coefficient (Wildman–Crippen LogP) is 3.21. The second kappa shape index (κ2) is 9.10. The van der Waals surface area contributed by atoms with E-state index in [0.717, 1.165) is 10.1 Å². The molecular formula is C18H16F2NO2Y-. The molecule has 0 spiro atoms. The molecule has 1 radical (unpaired) electrons. The van der Waals surface area contributed by atoms with E-state index < -0.39 is 18.5 Å². The van der Waals surface area contributed by atoms with Crippen LogP contribution in [0.25, 0.3) is 11.3 Å². The largest absolute Gasteiger partial charge is 0.481 e. The Balaban J connectivity index is 0.00000288. The van der Waals surface area contributed by atoms with E-state index in [4.69, 9.17) is 11.2 Å². The van der Waals surface area contributed by atoms with Crippen molar-refractivity contribution >= 4 is 0 Å². The monoisotopic (exact) mass is 405 g/mol. The van der Waals surface area contributed by atoms with Gasteiger partial charge in [0.15, 0.2) is 5.56 Å². The average Bonchev–Trinajstić information content (AvgIpc) is 2.50. The number of ether oxygens (including phenoxy) is 1. The molecule has 0 amide bonds. The smallest absolute Gasteiger partial charge is 0.256 e. The van der Waals surface area contributed by atoms with Crippen LogP contribution in [0.1, 0.15) is 11.1 Å². The molecule has 0 aliphatic rings. The van der Waals surface area contributed by atoms with Crippen LogP contribution in [0.15, 0.2) is 29.1 Å². The van der Waals surface area contributed by atoms with Crippen molar-refractivity contribution in [2.75, 3.05) is 6.61 Å². The third kappa shape index (κ3) is 4.75. The van der Waals surface area contributed by atoms with Crippen LogP contribution in [0.3, 0.4) is 0 Å². The predicted molar refractivity (Wildman–Crippen MR) is 84.8 cm³/mol. The van der Waals surface area contributed by atoms with Gasteiger partial charge in [-0.25, -0.2) is 8.78 Å². The fraction of sp³-hybridized carbons (Fsp3) is 0.278. The maximum Gasteiger partial charge on any atom is 0.256 e. The zero-order chi connectivity index (χ0) is 17.0. The molecule has 24 heavy (non-hydrogen) atoms. The van der Waals surface area contributed by atoms with E-state index in [1.165, 1.54) is 6.07 Å².